The van der Waals surface area contributed by atoms with Crippen LogP contribution in [0.5, 0.6) is 0 Å². The highest BCUT2D eigenvalue weighted by Gasteiger charge is 2.33. The first-order valence-corrected chi connectivity index (χ1v) is 6.10. The van der Waals surface area contributed by atoms with Gasteiger partial charge < -0.3 is 11.1 Å². The number of anilines is 1. The van der Waals surface area contributed by atoms with Gasteiger partial charge in [0.2, 0.25) is 0 Å². The highest BCUT2D eigenvalue weighted by molar-refractivity contribution is 5.98. The van der Waals surface area contributed by atoms with Crippen LogP contribution in [0.4, 0.5) is 5.82 Å². The minimum absolute atomic E-state index is 0.128. The van der Waals surface area contributed by atoms with Crippen molar-refractivity contribution < 1.29 is 4.79 Å². The lowest BCUT2D eigenvalue weighted by Gasteiger charge is -2.39. The van der Waals surface area contributed by atoms with Crippen LogP contribution in [-0.4, -0.2) is 22.1 Å². The number of aromatic amines is 1. The third-order valence-corrected chi connectivity index (χ3v) is 3.73. The molecule has 0 aromatic carbocycles. The Morgan fingerprint density at radius 2 is 2.35 bits per heavy atom. The van der Waals surface area contributed by atoms with Crippen molar-refractivity contribution in [2.24, 2.45) is 5.41 Å². The number of nitrogen functional groups attached to an aromatic ring is 1. The molecule has 1 aromatic rings. The number of nitrogens with zero attached hydrogens (tertiary/aromatic N) is 1. The Bertz CT molecular complexity index is 410. The fraction of sp³-hybridized carbons (Fsp3) is 0.667. The van der Waals surface area contributed by atoms with Crippen molar-refractivity contribution in [2.75, 3.05) is 5.73 Å². The summed E-state index contributed by atoms with van der Waals surface area (Å²) in [5.74, 6) is 0.201. The number of rotatable bonds is 2. The van der Waals surface area contributed by atoms with Gasteiger partial charge in [0.05, 0.1) is 6.20 Å². The molecule has 1 aliphatic rings. The summed E-state index contributed by atoms with van der Waals surface area (Å²) >= 11 is 0. The van der Waals surface area contributed by atoms with Gasteiger partial charge in [-0.15, -0.1) is 0 Å². The number of amides is 1. The van der Waals surface area contributed by atoms with Crippen molar-refractivity contribution in [3.8, 4) is 0 Å². The third kappa shape index (κ3) is 2.43. The SMILES string of the molecule is CC1(C)CCCCC1NC(=O)c1cn[nH]c1N. The van der Waals surface area contributed by atoms with Crippen LogP contribution < -0.4 is 11.1 Å². The van der Waals surface area contributed by atoms with Gasteiger partial charge >= 0.3 is 0 Å². The van der Waals surface area contributed by atoms with E-state index in [4.69, 9.17) is 5.73 Å². The normalized spacial score (nSPS) is 23.3. The van der Waals surface area contributed by atoms with Gasteiger partial charge in [0, 0.05) is 6.04 Å². The number of H-pyrrole nitrogens is 1. The second kappa shape index (κ2) is 4.39. The molecule has 1 aliphatic carbocycles. The lowest BCUT2D eigenvalue weighted by atomic mass is 9.73. The largest absolute Gasteiger partial charge is 0.383 e. The Hall–Kier alpha value is -1.52. The molecule has 1 saturated carbocycles. The number of carbonyl (C=O) groups excluding carboxylic acids is 1. The summed E-state index contributed by atoms with van der Waals surface area (Å²) in [6.07, 6.45) is 6.08. The summed E-state index contributed by atoms with van der Waals surface area (Å²) in [5, 5.41) is 9.41. The zero-order chi connectivity index (χ0) is 12.5. The molecule has 1 heterocycles. The van der Waals surface area contributed by atoms with Crippen molar-refractivity contribution in [2.45, 2.75) is 45.6 Å². The predicted octanol–water partition coefficient (Wildman–Crippen LogP) is 1.69. The van der Waals surface area contributed by atoms with Gasteiger partial charge in [-0.05, 0) is 18.3 Å². The quantitative estimate of drug-likeness (QED) is 0.730. The van der Waals surface area contributed by atoms with Crippen LogP contribution in [0, 0.1) is 5.41 Å². The Morgan fingerprint density at radius 3 is 2.94 bits per heavy atom. The average Bonchev–Trinajstić information content (AvgIpc) is 2.67. The molecule has 4 N–H and O–H groups in total. The van der Waals surface area contributed by atoms with E-state index in [0.29, 0.717) is 11.4 Å². The van der Waals surface area contributed by atoms with E-state index >= 15 is 0 Å². The fourth-order valence-electron chi connectivity index (χ4n) is 2.47. The number of carbonyl (C=O) groups is 1. The fourth-order valence-corrected chi connectivity index (χ4v) is 2.47. The molecule has 1 amide bonds. The van der Waals surface area contributed by atoms with E-state index < -0.39 is 0 Å². The summed E-state index contributed by atoms with van der Waals surface area (Å²) in [6.45, 7) is 4.41. The minimum atomic E-state index is -0.128. The minimum Gasteiger partial charge on any atom is -0.383 e. The second-order valence-electron chi connectivity index (χ2n) is 5.46. The Morgan fingerprint density at radius 1 is 1.59 bits per heavy atom. The van der Waals surface area contributed by atoms with Crippen molar-refractivity contribution >= 4 is 11.7 Å². The van der Waals surface area contributed by atoms with E-state index in [1.54, 1.807) is 0 Å². The first kappa shape index (κ1) is 12.0. The smallest absolute Gasteiger partial charge is 0.256 e. The molecule has 1 unspecified atom stereocenters. The van der Waals surface area contributed by atoms with Gasteiger partial charge in [-0.3, -0.25) is 9.89 Å². The summed E-state index contributed by atoms with van der Waals surface area (Å²) in [6, 6.07) is 0.220. The summed E-state index contributed by atoms with van der Waals surface area (Å²) in [5.41, 5.74) is 6.23. The van der Waals surface area contributed by atoms with Crippen LogP contribution in [0.15, 0.2) is 6.20 Å². The molecule has 0 aliphatic heterocycles. The van der Waals surface area contributed by atoms with Gasteiger partial charge in [-0.1, -0.05) is 26.7 Å². The number of aromatic nitrogens is 2. The Balaban J connectivity index is 2.06. The van der Waals surface area contributed by atoms with E-state index in [1.165, 1.54) is 19.0 Å². The van der Waals surface area contributed by atoms with Crippen LogP contribution in [-0.2, 0) is 0 Å². The first-order chi connectivity index (χ1) is 8.00. The Kier molecular flexibility index (Phi) is 3.09. The zero-order valence-corrected chi connectivity index (χ0v) is 10.4. The summed E-state index contributed by atoms with van der Waals surface area (Å²) in [4.78, 5) is 12.0. The molecule has 0 radical (unpaired) electrons. The summed E-state index contributed by atoms with van der Waals surface area (Å²) in [7, 11) is 0. The predicted molar refractivity (Wildman–Crippen MR) is 66.5 cm³/mol. The molecular formula is C12H20N4O. The van der Waals surface area contributed by atoms with Gasteiger partial charge in [0.25, 0.3) is 5.91 Å². The summed E-state index contributed by atoms with van der Waals surface area (Å²) < 4.78 is 0. The highest BCUT2D eigenvalue weighted by Crippen LogP contribution is 2.35. The van der Waals surface area contributed by atoms with Crippen molar-refractivity contribution in [1.29, 1.82) is 0 Å². The number of hydrogen-bond acceptors (Lipinski definition) is 3. The van der Waals surface area contributed by atoms with Gasteiger partial charge in [0.1, 0.15) is 11.4 Å². The molecule has 2 rings (SSSR count). The highest BCUT2D eigenvalue weighted by atomic mass is 16.1. The zero-order valence-electron chi connectivity index (χ0n) is 10.4. The molecule has 0 saturated heterocycles. The first-order valence-electron chi connectivity index (χ1n) is 6.10. The van der Waals surface area contributed by atoms with Gasteiger partial charge in [-0.2, -0.15) is 5.10 Å². The maximum absolute atomic E-state index is 12.0. The number of hydrogen-bond donors (Lipinski definition) is 3. The molecule has 17 heavy (non-hydrogen) atoms. The van der Waals surface area contributed by atoms with E-state index in [1.807, 2.05) is 0 Å². The Labute approximate surface area is 101 Å². The van der Waals surface area contributed by atoms with Crippen LogP contribution in [0.3, 0.4) is 0 Å². The van der Waals surface area contributed by atoms with E-state index in [9.17, 15) is 4.79 Å². The topological polar surface area (TPSA) is 83.8 Å². The lowest BCUT2D eigenvalue weighted by molar-refractivity contribution is 0.0854. The standard InChI is InChI=1S/C12H20N4O/c1-12(2)6-4-3-5-9(12)15-11(17)8-7-14-16-10(8)13/h7,9H,3-6H2,1-2H3,(H,15,17)(H3,13,14,16). The lowest BCUT2D eigenvalue weighted by Crippen LogP contribution is -2.46. The van der Waals surface area contributed by atoms with Gasteiger partial charge in [0.15, 0.2) is 0 Å². The number of nitrogens with one attached hydrogen (secondary N) is 2. The molecule has 5 heteroatoms. The molecule has 0 spiro atoms. The molecule has 0 bridgehead atoms. The van der Waals surface area contributed by atoms with Crippen molar-refractivity contribution in [3.63, 3.8) is 0 Å². The molecule has 1 atom stereocenters. The average molecular weight is 236 g/mol. The maximum atomic E-state index is 12.0. The van der Waals surface area contributed by atoms with Crippen molar-refractivity contribution in [1.82, 2.24) is 15.5 Å². The second-order valence-corrected chi connectivity index (χ2v) is 5.46. The van der Waals surface area contributed by atoms with Crippen LogP contribution in [0.25, 0.3) is 0 Å². The van der Waals surface area contributed by atoms with Crippen LogP contribution in [0.2, 0.25) is 0 Å². The molecule has 5 nitrogen and oxygen atoms in total. The van der Waals surface area contributed by atoms with Gasteiger partial charge in [-0.25, -0.2) is 0 Å². The van der Waals surface area contributed by atoms with Crippen LogP contribution in [0.1, 0.15) is 49.9 Å². The van der Waals surface area contributed by atoms with Crippen LogP contribution >= 0.6 is 0 Å². The van der Waals surface area contributed by atoms with E-state index in [0.717, 1.165) is 12.8 Å². The molecule has 1 aromatic heterocycles. The maximum Gasteiger partial charge on any atom is 0.256 e. The van der Waals surface area contributed by atoms with Crippen molar-refractivity contribution in [3.05, 3.63) is 11.8 Å². The van der Waals surface area contributed by atoms with E-state index in [2.05, 4.69) is 29.4 Å². The monoisotopic (exact) mass is 236 g/mol. The molecule has 1 fully saturated rings. The number of nitrogens with two attached hydrogens (primary N) is 1. The third-order valence-electron chi connectivity index (χ3n) is 3.73. The molecular weight excluding hydrogens is 216 g/mol. The van der Waals surface area contributed by atoms with E-state index in [-0.39, 0.29) is 17.4 Å². The molecule has 94 valence electrons.